The van der Waals surface area contributed by atoms with Gasteiger partial charge in [-0.3, -0.25) is 0 Å². The molecule has 2 atom stereocenters. The first-order chi connectivity index (χ1) is 11.1. The molecule has 1 aliphatic rings. The molecule has 5 nitrogen and oxygen atoms in total. The number of benzene rings is 1. The number of rotatable bonds is 2. The molecule has 0 N–H and O–H groups in total. The zero-order chi connectivity index (χ0) is 16.4. The Balaban J connectivity index is 2.15. The van der Waals surface area contributed by atoms with Crippen molar-refractivity contribution in [3.8, 4) is 12.1 Å². The Labute approximate surface area is 136 Å². The lowest BCUT2D eigenvalue weighted by atomic mass is 9.91. The molecule has 5 heteroatoms. The summed E-state index contributed by atoms with van der Waals surface area (Å²) in [5.41, 5.74) is 2.00. The second-order valence-electron chi connectivity index (χ2n) is 6.46. The van der Waals surface area contributed by atoms with Gasteiger partial charge in [-0.05, 0) is 30.4 Å². The van der Waals surface area contributed by atoms with E-state index in [1.165, 1.54) is 6.42 Å². The first-order valence-electron chi connectivity index (χ1n) is 7.93. The van der Waals surface area contributed by atoms with Crippen LogP contribution in [0.4, 0.5) is 5.82 Å². The summed E-state index contributed by atoms with van der Waals surface area (Å²) in [4.78, 5) is 11.5. The molecule has 0 radical (unpaired) electrons. The van der Waals surface area contributed by atoms with Crippen LogP contribution in [0.2, 0.25) is 0 Å². The molecule has 3 rings (SSSR count). The van der Waals surface area contributed by atoms with Crippen molar-refractivity contribution in [2.24, 2.45) is 11.8 Å². The highest BCUT2D eigenvalue weighted by Crippen LogP contribution is 2.31. The van der Waals surface area contributed by atoms with Crippen molar-refractivity contribution in [2.75, 3.05) is 18.0 Å². The minimum Gasteiger partial charge on any atom is -0.354 e. The molecule has 23 heavy (non-hydrogen) atoms. The number of para-hydroxylation sites is 2. The molecule has 0 spiro atoms. The summed E-state index contributed by atoms with van der Waals surface area (Å²) in [5, 5.41) is 18.6. The van der Waals surface area contributed by atoms with Gasteiger partial charge in [0, 0.05) is 13.1 Å². The zero-order valence-electron chi connectivity index (χ0n) is 13.4. The van der Waals surface area contributed by atoms with E-state index in [4.69, 9.17) is 4.98 Å². The number of piperidine rings is 1. The quantitative estimate of drug-likeness (QED) is 0.851. The highest BCUT2D eigenvalue weighted by atomic mass is 15.2. The predicted octanol–water partition coefficient (Wildman–Crippen LogP) is 3.24. The fraction of sp³-hybridized carbons (Fsp3) is 0.444. The lowest BCUT2D eigenvalue weighted by molar-refractivity contribution is 0.355. The standard InChI is InChI=1S/C18H19N5/c1-12-7-13(2)11-23(10-12)18-17(14(8-19)9-20)21-15-5-3-4-6-16(15)22-18/h3-6,12-14H,7,10-11H2,1-2H3. The van der Waals surface area contributed by atoms with Crippen molar-refractivity contribution in [1.29, 1.82) is 10.5 Å². The monoisotopic (exact) mass is 305 g/mol. The van der Waals surface area contributed by atoms with Crippen LogP contribution < -0.4 is 4.90 Å². The summed E-state index contributed by atoms with van der Waals surface area (Å²) in [5.74, 6) is 0.912. The number of nitrogens with zero attached hydrogens (tertiary/aromatic N) is 5. The van der Waals surface area contributed by atoms with Gasteiger partial charge < -0.3 is 4.90 Å². The van der Waals surface area contributed by atoms with Gasteiger partial charge in [-0.25, -0.2) is 9.97 Å². The minimum atomic E-state index is -0.894. The molecule has 1 aromatic carbocycles. The molecule has 1 saturated heterocycles. The molecule has 2 unspecified atom stereocenters. The van der Waals surface area contributed by atoms with Crippen LogP contribution in [0.5, 0.6) is 0 Å². The van der Waals surface area contributed by atoms with Crippen LogP contribution in [0.15, 0.2) is 24.3 Å². The summed E-state index contributed by atoms with van der Waals surface area (Å²) >= 11 is 0. The molecule has 0 amide bonds. The van der Waals surface area contributed by atoms with Crippen LogP contribution in [0.3, 0.4) is 0 Å². The third kappa shape index (κ3) is 2.96. The highest BCUT2D eigenvalue weighted by Gasteiger charge is 2.28. The average Bonchev–Trinajstić information content (AvgIpc) is 2.54. The van der Waals surface area contributed by atoms with Crippen molar-refractivity contribution in [2.45, 2.75) is 26.2 Å². The fourth-order valence-corrected chi connectivity index (χ4v) is 3.42. The van der Waals surface area contributed by atoms with E-state index in [0.717, 1.165) is 24.1 Å². The van der Waals surface area contributed by atoms with Gasteiger partial charge in [-0.2, -0.15) is 10.5 Å². The van der Waals surface area contributed by atoms with Crippen LogP contribution in [-0.2, 0) is 0 Å². The number of hydrogen-bond acceptors (Lipinski definition) is 5. The molecule has 2 aromatic rings. The van der Waals surface area contributed by atoms with Gasteiger partial charge in [0.2, 0.25) is 0 Å². The van der Waals surface area contributed by atoms with Crippen LogP contribution in [0.25, 0.3) is 11.0 Å². The second kappa shape index (κ2) is 6.22. The molecule has 1 aromatic heterocycles. The van der Waals surface area contributed by atoms with Gasteiger partial charge in [-0.1, -0.05) is 26.0 Å². The van der Waals surface area contributed by atoms with E-state index in [9.17, 15) is 10.5 Å². The second-order valence-corrected chi connectivity index (χ2v) is 6.46. The van der Waals surface area contributed by atoms with Gasteiger partial charge in [0.15, 0.2) is 11.7 Å². The van der Waals surface area contributed by atoms with E-state index in [1.807, 2.05) is 36.4 Å². The van der Waals surface area contributed by atoms with E-state index in [2.05, 4.69) is 23.7 Å². The molecule has 2 heterocycles. The van der Waals surface area contributed by atoms with Crippen LogP contribution in [0, 0.1) is 34.5 Å². The maximum atomic E-state index is 9.32. The molecule has 1 fully saturated rings. The van der Waals surface area contributed by atoms with Gasteiger partial charge in [0.1, 0.15) is 5.69 Å². The predicted molar refractivity (Wildman–Crippen MR) is 88.7 cm³/mol. The van der Waals surface area contributed by atoms with Crippen LogP contribution in [0.1, 0.15) is 31.9 Å². The molecule has 1 aliphatic heterocycles. The number of nitriles is 2. The van der Waals surface area contributed by atoms with Gasteiger partial charge >= 0.3 is 0 Å². The third-order valence-electron chi connectivity index (χ3n) is 4.28. The SMILES string of the molecule is CC1CC(C)CN(c2nc3ccccc3nc2C(C#N)C#N)C1. The Kier molecular flexibility index (Phi) is 4.12. The summed E-state index contributed by atoms with van der Waals surface area (Å²) in [7, 11) is 0. The minimum absolute atomic E-state index is 0.481. The molecular formula is C18H19N5. The smallest absolute Gasteiger partial charge is 0.178 e. The van der Waals surface area contributed by atoms with Crippen molar-refractivity contribution in [3.05, 3.63) is 30.0 Å². The lowest BCUT2D eigenvalue weighted by Crippen LogP contribution is -2.40. The molecule has 0 saturated carbocycles. The van der Waals surface area contributed by atoms with E-state index in [1.54, 1.807) is 0 Å². The molecule has 116 valence electrons. The zero-order valence-corrected chi connectivity index (χ0v) is 13.4. The van der Waals surface area contributed by atoms with Crippen LogP contribution in [-0.4, -0.2) is 23.1 Å². The topological polar surface area (TPSA) is 76.6 Å². The largest absolute Gasteiger partial charge is 0.354 e. The highest BCUT2D eigenvalue weighted by molar-refractivity contribution is 5.77. The fourth-order valence-electron chi connectivity index (χ4n) is 3.42. The van der Waals surface area contributed by atoms with Gasteiger partial charge in [0.25, 0.3) is 0 Å². The van der Waals surface area contributed by atoms with Crippen molar-refractivity contribution >= 4 is 16.9 Å². The maximum absolute atomic E-state index is 9.32. The number of anilines is 1. The Morgan fingerprint density at radius 1 is 1.04 bits per heavy atom. The molecular weight excluding hydrogens is 286 g/mol. The third-order valence-corrected chi connectivity index (χ3v) is 4.28. The van der Waals surface area contributed by atoms with E-state index >= 15 is 0 Å². The van der Waals surface area contributed by atoms with Crippen LogP contribution >= 0.6 is 0 Å². The molecule has 0 aliphatic carbocycles. The number of aromatic nitrogens is 2. The van der Waals surface area contributed by atoms with Gasteiger partial charge in [0.05, 0.1) is 23.2 Å². The Morgan fingerprint density at radius 3 is 2.17 bits per heavy atom. The van der Waals surface area contributed by atoms with Gasteiger partial charge in [-0.15, -0.1) is 0 Å². The average molecular weight is 305 g/mol. The molecule has 0 bridgehead atoms. The summed E-state index contributed by atoms with van der Waals surface area (Å²) in [6.45, 7) is 6.22. The number of fused-ring (bicyclic) bond motifs is 1. The Morgan fingerprint density at radius 2 is 1.61 bits per heavy atom. The first kappa shape index (κ1) is 15.2. The summed E-state index contributed by atoms with van der Waals surface area (Å²) in [6.07, 6.45) is 1.19. The van der Waals surface area contributed by atoms with Crippen molar-refractivity contribution in [3.63, 3.8) is 0 Å². The summed E-state index contributed by atoms with van der Waals surface area (Å²) in [6, 6.07) is 11.7. The lowest BCUT2D eigenvalue weighted by Gasteiger charge is -2.36. The van der Waals surface area contributed by atoms with Crippen molar-refractivity contribution < 1.29 is 0 Å². The number of hydrogen-bond donors (Lipinski definition) is 0. The van der Waals surface area contributed by atoms with E-state index in [0.29, 0.717) is 23.3 Å². The Hall–Kier alpha value is -2.66. The van der Waals surface area contributed by atoms with E-state index in [-0.39, 0.29) is 0 Å². The maximum Gasteiger partial charge on any atom is 0.178 e. The normalized spacial score (nSPS) is 21.2. The van der Waals surface area contributed by atoms with E-state index < -0.39 is 5.92 Å². The summed E-state index contributed by atoms with van der Waals surface area (Å²) < 4.78 is 0. The Bertz CT molecular complexity index is 777. The first-order valence-corrected chi connectivity index (χ1v) is 7.93. The van der Waals surface area contributed by atoms with Crippen molar-refractivity contribution in [1.82, 2.24) is 9.97 Å².